The molecule has 1 rings (SSSR count). The number of hydrogen-bond donors (Lipinski definition) is 2. The maximum atomic E-state index is 5.68. The fourth-order valence-corrected chi connectivity index (χ4v) is 0.988. The van der Waals surface area contributed by atoms with E-state index in [1.54, 1.807) is 0 Å². The molecule has 0 unspecified atom stereocenters. The van der Waals surface area contributed by atoms with Gasteiger partial charge in [0.15, 0.2) is 0 Å². The molecule has 0 spiro atoms. The van der Waals surface area contributed by atoms with Crippen molar-refractivity contribution in [3.63, 3.8) is 0 Å². The van der Waals surface area contributed by atoms with Crippen LogP contribution in [-0.2, 0) is 0 Å². The van der Waals surface area contributed by atoms with Crippen molar-refractivity contribution >= 4 is 5.69 Å². The van der Waals surface area contributed by atoms with E-state index in [4.69, 9.17) is 5.73 Å². The van der Waals surface area contributed by atoms with Crippen LogP contribution in [0.3, 0.4) is 0 Å². The number of aryl methyl sites for hydroxylation is 1. The second-order valence-electron chi connectivity index (χ2n) is 2.90. The Hall–Kier alpha value is -1.46. The number of benzene rings is 1. The molecule has 0 aromatic heterocycles. The van der Waals surface area contributed by atoms with Gasteiger partial charge in [0.05, 0.1) is 6.54 Å². The van der Waals surface area contributed by atoms with Crippen LogP contribution in [0.5, 0.6) is 0 Å². The molecular weight excluding hydrogens is 160 g/mol. The summed E-state index contributed by atoms with van der Waals surface area (Å²) in [5.41, 5.74) is 8.60. The number of nitrogens with two attached hydrogens (primary N) is 1. The average molecular weight is 174 g/mol. The summed E-state index contributed by atoms with van der Waals surface area (Å²) in [5, 5.41) is 2.97. The van der Waals surface area contributed by atoms with Gasteiger partial charge in [0, 0.05) is 11.3 Å². The standard InChI is InChI=1S/C11H14N2/c1-9-8-10(4-3-7-13-2)5-6-11(9)12/h5-6,8,13H,7,12H2,1-2H3. The predicted octanol–water partition coefficient (Wildman–Crippen LogP) is 1.15. The molecule has 0 aliphatic heterocycles. The van der Waals surface area contributed by atoms with Gasteiger partial charge in [-0.1, -0.05) is 11.8 Å². The lowest BCUT2D eigenvalue weighted by atomic mass is 10.1. The van der Waals surface area contributed by atoms with Crippen LogP contribution < -0.4 is 11.1 Å². The minimum absolute atomic E-state index is 0.712. The van der Waals surface area contributed by atoms with E-state index >= 15 is 0 Å². The maximum absolute atomic E-state index is 5.68. The monoisotopic (exact) mass is 174 g/mol. The van der Waals surface area contributed by atoms with E-state index in [2.05, 4.69) is 17.2 Å². The Morgan fingerprint density at radius 2 is 2.23 bits per heavy atom. The smallest absolute Gasteiger partial charge is 0.0577 e. The number of hydrogen-bond acceptors (Lipinski definition) is 2. The van der Waals surface area contributed by atoms with Crippen molar-refractivity contribution in [2.24, 2.45) is 0 Å². The molecule has 1 aromatic carbocycles. The molecule has 68 valence electrons. The molecular formula is C11H14N2. The normalized spacial score (nSPS) is 9.08. The minimum atomic E-state index is 0.712. The van der Waals surface area contributed by atoms with Crippen molar-refractivity contribution in [2.75, 3.05) is 19.3 Å². The average Bonchev–Trinajstić information content (AvgIpc) is 2.12. The third-order valence-corrected chi connectivity index (χ3v) is 1.77. The summed E-state index contributed by atoms with van der Waals surface area (Å²) in [6.45, 7) is 2.70. The predicted molar refractivity (Wildman–Crippen MR) is 56.4 cm³/mol. The molecule has 3 N–H and O–H groups in total. The highest BCUT2D eigenvalue weighted by atomic mass is 14.8. The molecule has 2 nitrogen and oxygen atoms in total. The summed E-state index contributed by atoms with van der Waals surface area (Å²) >= 11 is 0. The van der Waals surface area contributed by atoms with Gasteiger partial charge in [-0.25, -0.2) is 0 Å². The van der Waals surface area contributed by atoms with Crippen LogP contribution in [0.2, 0.25) is 0 Å². The highest BCUT2D eigenvalue weighted by Gasteiger charge is 1.92. The molecule has 1 aromatic rings. The van der Waals surface area contributed by atoms with Crippen LogP contribution in [0.4, 0.5) is 5.69 Å². The van der Waals surface area contributed by atoms with Crippen molar-refractivity contribution in [3.05, 3.63) is 29.3 Å². The Balaban J connectivity index is 2.81. The number of nitrogens with one attached hydrogen (secondary N) is 1. The zero-order valence-corrected chi connectivity index (χ0v) is 8.02. The molecule has 0 bridgehead atoms. The summed E-state index contributed by atoms with van der Waals surface area (Å²) in [7, 11) is 1.88. The Labute approximate surface area is 79.1 Å². The molecule has 0 atom stereocenters. The lowest BCUT2D eigenvalue weighted by molar-refractivity contribution is 0.938. The van der Waals surface area contributed by atoms with Gasteiger partial charge >= 0.3 is 0 Å². The lowest BCUT2D eigenvalue weighted by Gasteiger charge is -1.98. The van der Waals surface area contributed by atoms with Gasteiger partial charge in [0.1, 0.15) is 0 Å². The first kappa shape index (κ1) is 9.63. The number of rotatable bonds is 1. The van der Waals surface area contributed by atoms with Crippen molar-refractivity contribution in [2.45, 2.75) is 6.92 Å². The molecule has 13 heavy (non-hydrogen) atoms. The second-order valence-corrected chi connectivity index (χ2v) is 2.90. The molecule has 0 aliphatic rings. The van der Waals surface area contributed by atoms with E-state index in [1.165, 1.54) is 0 Å². The summed E-state index contributed by atoms with van der Waals surface area (Å²) in [4.78, 5) is 0. The first-order valence-corrected chi connectivity index (χ1v) is 4.23. The van der Waals surface area contributed by atoms with Crippen LogP contribution in [0, 0.1) is 18.8 Å². The Kier molecular flexibility index (Phi) is 3.36. The first-order chi connectivity index (χ1) is 6.24. The fraction of sp³-hybridized carbons (Fsp3) is 0.273. The van der Waals surface area contributed by atoms with Gasteiger partial charge in [-0.15, -0.1) is 0 Å². The van der Waals surface area contributed by atoms with Gasteiger partial charge in [0.25, 0.3) is 0 Å². The zero-order valence-electron chi connectivity index (χ0n) is 8.02. The van der Waals surface area contributed by atoms with Crippen LogP contribution in [0.15, 0.2) is 18.2 Å². The van der Waals surface area contributed by atoms with Gasteiger partial charge in [-0.3, -0.25) is 0 Å². The third-order valence-electron chi connectivity index (χ3n) is 1.77. The number of nitrogen functional groups attached to an aromatic ring is 1. The van der Waals surface area contributed by atoms with E-state index < -0.39 is 0 Å². The Morgan fingerprint density at radius 3 is 2.85 bits per heavy atom. The van der Waals surface area contributed by atoms with E-state index in [-0.39, 0.29) is 0 Å². The van der Waals surface area contributed by atoms with E-state index in [1.807, 2.05) is 32.2 Å². The molecule has 0 radical (unpaired) electrons. The summed E-state index contributed by atoms with van der Waals surface area (Å²) in [6.07, 6.45) is 0. The SMILES string of the molecule is CNCC#Cc1ccc(N)c(C)c1. The molecule has 0 amide bonds. The quantitative estimate of drug-likeness (QED) is 0.495. The zero-order chi connectivity index (χ0) is 9.68. The number of anilines is 1. The fourth-order valence-electron chi connectivity index (χ4n) is 0.988. The van der Waals surface area contributed by atoms with Gasteiger partial charge in [0.2, 0.25) is 0 Å². The molecule has 0 heterocycles. The van der Waals surface area contributed by atoms with Crippen molar-refractivity contribution < 1.29 is 0 Å². The molecule has 0 saturated heterocycles. The molecule has 0 aliphatic carbocycles. The summed E-state index contributed by atoms with van der Waals surface area (Å²) < 4.78 is 0. The van der Waals surface area contributed by atoms with Gasteiger partial charge in [-0.2, -0.15) is 0 Å². The highest BCUT2D eigenvalue weighted by Crippen LogP contribution is 2.11. The van der Waals surface area contributed by atoms with Gasteiger partial charge in [-0.05, 0) is 37.7 Å². The topological polar surface area (TPSA) is 38.0 Å². The Morgan fingerprint density at radius 1 is 1.46 bits per heavy atom. The van der Waals surface area contributed by atoms with Crippen LogP contribution in [0.25, 0.3) is 0 Å². The van der Waals surface area contributed by atoms with E-state index in [0.717, 1.165) is 16.8 Å². The van der Waals surface area contributed by atoms with Crippen LogP contribution in [0.1, 0.15) is 11.1 Å². The molecule has 0 saturated carbocycles. The van der Waals surface area contributed by atoms with Crippen molar-refractivity contribution in [1.29, 1.82) is 0 Å². The van der Waals surface area contributed by atoms with Crippen LogP contribution >= 0.6 is 0 Å². The second kappa shape index (κ2) is 4.54. The summed E-state index contributed by atoms with van der Waals surface area (Å²) in [5.74, 6) is 6.04. The maximum Gasteiger partial charge on any atom is 0.0577 e. The molecule has 2 heteroatoms. The highest BCUT2D eigenvalue weighted by molar-refractivity contribution is 5.51. The van der Waals surface area contributed by atoms with E-state index in [9.17, 15) is 0 Å². The minimum Gasteiger partial charge on any atom is -0.399 e. The van der Waals surface area contributed by atoms with Gasteiger partial charge < -0.3 is 11.1 Å². The summed E-state index contributed by atoms with van der Waals surface area (Å²) in [6, 6.07) is 5.82. The van der Waals surface area contributed by atoms with Crippen molar-refractivity contribution in [3.8, 4) is 11.8 Å². The van der Waals surface area contributed by atoms with E-state index in [0.29, 0.717) is 6.54 Å². The lowest BCUT2D eigenvalue weighted by Crippen LogP contribution is -2.04. The molecule has 0 fully saturated rings. The largest absolute Gasteiger partial charge is 0.399 e. The Bertz CT molecular complexity index is 345. The first-order valence-electron chi connectivity index (χ1n) is 4.23. The van der Waals surface area contributed by atoms with Crippen molar-refractivity contribution in [1.82, 2.24) is 5.32 Å². The third kappa shape index (κ3) is 2.81. The van der Waals surface area contributed by atoms with Crippen LogP contribution in [-0.4, -0.2) is 13.6 Å².